The van der Waals surface area contributed by atoms with Crippen LogP contribution < -0.4 is 10.6 Å². The molecule has 2 heterocycles. The predicted octanol–water partition coefficient (Wildman–Crippen LogP) is 1.82. The summed E-state index contributed by atoms with van der Waals surface area (Å²) in [6.45, 7) is 0.844. The highest BCUT2D eigenvalue weighted by atomic mass is 32.1. The zero-order valence-corrected chi connectivity index (χ0v) is 8.28. The van der Waals surface area contributed by atoms with Gasteiger partial charge >= 0.3 is 5.97 Å². The second-order valence-electron chi connectivity index (χ2n) is 3.92. The average molecular weight is 210 g/mol. The van der Waals surface area contributed by atoms with Crippen molar-refractivity contribution in [1.29, 1.82) is 0 Å². The SMILES string of the molecule is O=C(O)c1scc2c1NCC1(CC1)N2. The van der Waals surface area contributed by atoms with E-state index in [9.17, 15) is 4.79 Å². The molecule has 1 aromatic rings. The Morgan fingerprint density at radius 2 is 2.36 bits per heavy atom. The van der Waals surface area contributed by atoms with Crippen molar-refractivity contribution in [3.63, 3.8) is 0 Å². The number of carboxylic acids is 1. The lowest BCUT2D eigenvalue weighted by Crippen LogP contribution is -2.34. The summed E-state index contributed by atoms with van der Waals surface area (Å²) in [4.78, 5) is 11.3. The second-order valence-corrected chi connectivity index (χ2v) is 4.80. The summed E-state index contributed by atoms with van der Waals surface area (Å²) in [5, 5.41) is 17.4. The molecule has 0 aromatic carbocycles. The van der Waals surface area contributed by atoms with Gasteiger partial charge in [-0.1, -0.05) is 0 Å². The molecule has 2 aliphatic rings. The molecule has 0 amide bonds. The van der Waals surface area contributed by atoms with Crippen molar-refractivity contribution < 1.29 is 9.90 Å². The van der Waals surface area contributed by atoms with Gasteiger partial charge in [0.15, 0.2) is 0 Å². The zero-order valence-electron chi connectivity index (χ0n) is 7.46. The molecule has 14 heavy (non-hydrogen) atoms. The number of carboxylic acid groups (broad SMARTS) is 1. The summed E-state index contributed by atoms with van der Waals surface area (Å²) < 4.78 is 0. The molecule has 1 aliphatic heterocycles. The number of thiophene rings is 1. The Balaban J connectivity index is 2.00. The van der Waals surface area contributed by atoms with E-state index in [1.165, 1.54) is 24.2 Å². The first-order chi connectivity index (χ1) is 6.70. The summed E-state index contributed by atoms with van der Waals surface area (Å²) in [6.07, 6.45) is 2.36. The molecule has 1 fully saturated rings. The van der Waals surface area contributed by atoms with Gasteiger partial charge in [0, 0.05) is 11.9 Å². The maximum atomic E-state index is 10.9. The van der Waals surface area contributed by atoms with Gasteiger partial charge in [0.1, 0.15) is 4.88 Å². The number of rotatable bonds is 1. The fraction of sp³-hybridized carbons (Fsp3) is 0.444. The number of nitrogens with one attached hydrogen (secondary N) is 2. The molecule has 1 aromatic heterocycles. The lowest BCUT2D eigenvalue weighted by molar-refractivity contribution is 0.0703. The van der Waals surface area contributed by atoms with Gasteiger partial charge in [0.05, 0.1) is 16.9 Å². The Hall–Kier alpha value is -1.23. The van der Waals surface area contributed by atoms with Crippen LogP contribution in [-0.4, -0.2) is 23.2 Å². The molecule has 1 aliphatic carbocycles. The van der Waals surface area contributed by atoms with Gasteiger partial charge in [-0.2, -0.15) is 0 Å². The molecule has 0 bridgehead atoms. The quantitative estimate of drug-likeness (QED) is 0.661. The zero-order chi connectivity index (χ0) is 9.76. The number of fused-ring (bicyclic) bond motifs is 1. The fourth-order valence-corrected chi connectivity index (χ4v) is 2.64. The van der Waals surface area contributed by atoms with Gasteiger partial charge in [0.2, 0.25) is 0 Å². The minimum absolute atomic E-state index is 0.226. The van der Waals surface area contributed by atoms with Crippen molar-refractivity contribution in [2.24, 2.45) is 0 Å². The molecular formula is C9H10N2O2S. The van der Waals surface area contributed by atoms with E-state index in [0.29, 0.717) is 4.88 Å². The lowest BCUT2D eigenvalue weighted by atomic mass is 10.2. The molecule has 4 nitrogen and oxygen atoms in total. The van der Waals surface area contributed by atoms with Crippen LogP contribution in [0.3, 0.4) is 0 Å². The summed E-state index contributed by atoms with van der Waals surface area (Å²) in [7, 11) is 0. The van der Waals surface area contributed by atoms with E-state index >= 15 is 0 Å². The van der Waals surface area contributed by atoms with Crippen LogP contribution in [0.15, 0.2) is 5.38 Å². The van der Waals surface area contributed by atoms with Crippen LogP contribution in [0, 0.1) is 0 Å². The Bertz CT molecular complexity index is 409. The third-order valence-electron chi connectivity index (χ3n) is 2.84. The van der Waals surface area contributed by atoms with Crippen molar-refractivity contribution in [2.75, 3.05) is 17.2 Å². The Morgan fingerprint density at radius 1 is 1.57 bits per heavy atom. The maximum absolute atomic E-state index is 10.9. The van der Waals surface area contributed by atoms with Crippen LogP contribution in [0.5, 0.6) is 0 Å². The second kappa shape index (κ2) is 2.42. The molecule has 0 unspecified atom stereocenters. The van der Waals surface area contributed by atoms with Gasteiger partial charge in [-0.25, -0.2) is 4.79 Å². The molecule has 74 valence electrons. The van der Waals surface area contributed by atoms with Crippen LogP contribution in [0.2, 0.25) is 0 Å². The van der Waals surface area contributed by atoms with Gasteiger partial charge < -0.3 is 15.7 Å². The first-order valence-electron chi connectivity index (χ1n) is 4.57. The standard InChI is InChI=1S/C9H10N2O2S/c12-8(13)7-6-5(3-14-7)11-9(1-2-9)4-10-6/h3,10-11H,1-2,4H2,(H,12,13). The largest absolute Gasteiger partial charge is 0.477 e. The Kier molecular flexibility index (Phi) is 1.40. The minimum Gasteiger partial charge on any atom is -0.477 e. The molecular weight excluding hydrogens is 200 g/mol. The number of anilines is 2. The summed E-state index contributed by atoms with van der Waals surface area (Å²) >= 11 is 1.28. The Labute approximate surface area is 84.9 Å². The molecule has 0 saturated heterocycles. The lowest BCUT2D eigenvalue weighted by Gasteiger charge is -2.26. The van der Waals surface area contributed by atoms with Crippen LogP contribution in [0.25, 0.3) is 0 Å². The van der Waals surface area contributed by atoms with E-state index in [-0.39, 0.29) is 5.54 Å². The molecule has 0 radical (unpaired) electrons. The molecule has 0 atom stereocenters. The van der Waals surface area contributed by atoms with Crippen LogP contribution >= 0.6 is 11.3 Å². The third kappa shape index (κ3) is 1.02. The molecule has 3 rings (SSSR count). The van der Waals surface area contributed by atoms with E-state index in [2.05, 4.69) is 10.6 Å². The first-order valence-corrected chi connectivity index (χ1v) is 5.45. The minimum atomic E-state index is -0.850. The molecule has 5 heteroatoms. The van der Waals surface area contributed by atoms with Crippen molar-refractivity contribution in [1.82, 2.24) is 0 Å². The van der Waals surface area contributed by atoms with Gasteiger partial charge in [-0.05, 0) is 12.8 Å². The molecule has 3 N–H and O–H groups in total. The number of hydrogen-bond acceptors (Lipinski definition) is 4. The third-order valence-corrected chi connectivity index (χ3v) is 3.81. The molecule has 1 spiro atoms. The van der Waals surface area contributed by atoms with Crippen LogP contribution in [0.1, 0.15) is 22.5 Å². The van der Waals surface area contributed by atoms with Crippen molar-refractivity contribution in [2.45, 2.75) is 18.4 Å². The number of aromatic carboxylic acids is 1. The summed E-state index contributed by atoms with van der Waals surface area (Å²) in [5.74, 6) is -0.850. The average Bonchev–Trinajstić information content (AvgIpc) is 2.77. The monoisotopic (exact) mass is 210 g/mol. The maximum Gasteiger partial charge on any atom is 0.348 e. The topological polar surface area (TPSA) is 61.4 Å². The number of carbonyl (C=O) groups is 1. The predicted molar refractivity (Wildman–Crippen MR) is 55.4 cm³/mol. The first kappa shape index (κ1) is 8.11. The highest BCUT2D eigenvalue weighted by Crippen LogP contribution is 2.46. The van der Waals surface area contributed by atoms with Crippen molar-refractivity contribution in [3.8, 4) is 0 Å². The normalized spacial score (nSPS) is 20.9. The van der Waals surface area contributed by atoms with Crippen molar-refractivity contribution >= 4 is 28.7 Å². The molecule has 1 saturated carbocycles. The highest BCUT2D eigenvalue weighted by Gasteiger charge is 2.45. The van der Waals surface area contributed by atoms with E-state index < -0.39 is 5.97 Å². The summed E-state index contributed by atoms with van der Waals surface area (Å²) in [6, 6.07) is 0. The van der Waals surface area contributed by atoms with Gasteiger partial charge in [0.25, 0.3) is 0 Å². The van der Waals surface area contributed by atoms with E-state index in [0.717, 1.165) is 17.9 Å². The Morgan fingerprint density at radius 3 is 3.00 bits per heavy atom. The van der Waals surface area contributed by atoms with Crippen molar-refractivity contribution in [3.05, 3.63) is 10.3 Å². The van der Waals surface area contributed by atoms with Gasteiger partial charge in [-0.15, -0.1) is 11.3 Å². The van der Waals surface area contributed by atoms with E-state index in [1.54, 1.807) is 0 Å². The summed E-state index contributed by atoms with van der Waals surface area (Å²) in [5.41, 5.74) is 1.94. The van der Waals surface area contributed by atoms with E-state index in [4.69, 9.17) is 5.11 Å². The fourth-order valence-electron chi connectivity index (χ4n) is 1.82. The van der Waals surface area contributed by atoms with Crippen LogP contribution in [-0.2, 0) is 0 Å². The highest BCUT2D eigenvalue weighted by molar-refractivity contribution is 7.13. The smallest absolute Gasteiger partial charge is 0.348 e. The number of hydrogen-bond donors (Lipinski definition) is 3. The van der Waals surface area contributed by atoms with Gasteiger partial charge in [-0.3, -0.25) is 0 Å². The van der Waals surface area contributed by atoms with E-state index in [1.807, 2.05) is 5.38 Å². The van der Waals surface area contributed by atoms with Crippen LogP contribution in [0.4, 0.5) is 11.4 Å².